The maximum absolute atomic E-state index is 12.7. The van der Waals surface area contributed by atoms with E-state index in [1.807, 2.05) is 0 Å². The van der Waals surface area contributed by atoms with Crippen molar-refractivity contribution >= 4 is 21.6 Å². The summed E-state index contributed by atoms with van der Waals surface area (Å²) in [6.07, 6.45) is -3.31. The van der Waals surface area contributed by atoms with Gasteiger partial charge in [-0.1, -0.05) is 0 Å². The third kappa shape index (κ3) is 2.34. The van der Waals surface area contributed by atoms with E-state index in [0.29, 0.717) is 17.5 Å². The van der Waals surface area contributed by atoms with Crippen molar-refractivity contribution < 1.29 is 13.2 Å². The van der Waals surface area contributed by atoms with Crippen LogP contribution in [0.1, 0.15) is 29.8 Å². The molecule has 6 heteroatoms. The van der Waals surface area contributed by atoms with Gasteiger partial charge in [-0.15, -0.1) is 11.3 Å². The average molecular weight is 286 g/mol. The largest absolute Gasteiger partial charge is 0.416 e. The Morgan fingerprint density at radius 2 is 2.16 bits per heavy atom. The van der Waals surface area contributed by atoms with E-state index < -0.39 is 11.7 Å². The van der Waals surface area contributed by atoms with Gasteiger partial charge in [-0.3, -0.25) is 0 Å². The Morgan fingerprint density at radius 3 is 2.79 bits per heavy atom. The number of rotatable bonds is 1. The highest BCUT2D eigenvalue weighted by Gasteiger charge is 2.31. The van der Waals surface area contributed by atoms with E-state index in [-0.39, 0.29) is 0 Å². The molecule has 0 amide bonds. The third-order valence-corrected chi connectivity index (χ3v) is 4.74. The zero-order valence-corrected chi connectivity index (χ0v) is 11.1. The standard InChI is InChI=1S/C13H13F3N2S/c1-7-9(4-5-17-7)12-18-10-6-8(13(14,15)16)2-3-11(10)19-12/h2-3,6-7,9,17H,4-5H2,1H3. The van der Waals surface area contributed by atoms with Crippen LogP contribution in [0.3, 0.4) is 0 Å². The Hall–Kier alpha value is -1.14. The molecule has 3 rings (SSSR count). The van der Waals surface area contributed by atoms with Gasteiger partial charge >= 0.3 is 6.18 Å². The van der Waals surface area contributed by atoms with Gasteiger partial charge in [0.05, 0.1) is 20.8 Å². The lowest BCUT2D eigenvalue weighted by Gasteiger charge is -2.10. The predicted molar refractivity (Wildman–Crippen MR) is 69.4 cm³/mol. The third-order valence-electron chi connectivity index (χ3n) is 3.57. The summed E-state index contributed by atoms with van der Waals surface area (Å²) in [4.78, 5) is 4.40. The number of benzene rings is 1. The second-order valence-electron chi connectivity index (χ2n) is 4.87. The number of alkyl halides is 3. The van der Waals surface area contributed by atoms with Gasteiger partial charge in [-0.25, -0.2) is 4.98 Å². The van der Waals surface area contributed by atoms with Gasteiger partial charge in [0.2, 0.25) is 0 Å². The van der Waals surface area contributed by atoms with Crippen LogP contribution >= 0.6 is 11.3 Å². The van der Waals surface area contributed by atoms with E-state index in [2.05, 4.69) is 17.2 Å². The molecule has 1 saturated heterocycles. The Morgan fingerprint density at radius 1 is 1.37 bits per heavy atom. The fourth-order valence-electron chi connectivity index (χ4n) is 2.48. The van der Waals surface area contributed by atoms with Crippen molar-refractivity contribution in [1.82, 2.24) is 10.3 Å². The average Bonchev–Trinajstić information content (AvgIpc) is 2.91. The van der Waals surface area contributed by atoms with Crippen molar-refractivity contribution in [3.63, 3.8) is 0 Å². The van der Waals surface area contributed by atoms with Crippen LogP contribution in [0, 0.1) is 0 Å². The van der Waals surface area contributed by atoms with Gasteiger partial charge in [0.1, 0.15) is 0 Å². The van der Waals surface area contributed by atoms with Crippen molar-refractivity contribution in [1.29, 1.82) is 0 Å². The van der Waals surface area contributed by atoms with Crippen LogP contribution < -0.4 is 5.32 Å². The SMILES string of the molecule is CC1NCCC1c1nc2cc(C(F)(F)F)ccc2s1. The number of thiazole rings is 1. The van der Waals surface area contributed by atoms with Crippen LogP contribution in [0.15, 0.2) is 18.2 Å². The summed E-state index contributed by atoms with van der Waals surface area (Å²) >= 11 is 1.50. The molecule has 0 radical (unpaired) electrons. The summed E-state index contributed by atoms with van der Waals surface area (Å²) in [5.41, 5.74) is -0.177. The summed E-state index contributed by atoms with van der Waals surface area (Å²) in [7, 11) is 0. The van der Waals surface area contributed by atoms with Crippen LogP contribution in [-0.4, -0.2) is 17.6 Å². The maximum Gasteiger partial charge on any atom is 0.416 e. The van der Waals surface area contributed by atoms with E-state index >= 15 is 0 Å². The van der Waals surface area contributed by atoms with Crippen molar-refractivity contribution in [2.24, 2.45) is 0 Å². The molecule has 2 aromatic rings. The minimum absolute atomic E-state index is 0.312. The summed E-state index contributed by atoms with van der Waals surface area (Å²) < 4.78 is 38.8. The van der Waals surface area contributed by atoms with Gasteiger partial charge in [0.25, 0.3) is 0 Å². The van der Waals surface area contributed by atoms with Gasteiger partial charge in [-0.05, 0) is 38.1 Å². The van der Waals surface area contributed by atoms with Crippen LogP contribution in [-0.2, 0) is 6.18 Å². The molecule has 1 aromatic carbocycles. The quantitative estimate of drug-likeness (QED) is 0.863. The highest BCUT2D eigenvalue weighted by Crippen LogP contribution is 2.36. The zero-order chi connectivity index (χ0) is 13.6. The summed E-state index contributed by atoms with van der Waals surface area (Å²) in [6.45, 7) is 3.03. The molecular formula is C13H13F3N2S. The highest BCUT2D eigenvalue weighted by atomic mass is 32.1. The van der Waals surface area contributed by atoms with E-state index in [0.717, 1.165) is 34.8 Å². The molecule has 2 atom stereocenters. The fourth-order valence-corrected chi connectivity index (χ4v) is 3.66. The molecule has 1 aliphatic rings. The lowest BCUT2D eigenvalue weighted by atomic mass is 10.0. The molecule has 0 aliphatic carbocycles. The molecule has 2 unspecified atom stereocenters. The van der Waals surface area contributed by atoms with Gasteiger partial charge in [-0.2, -0.15) is 13.2 Å². The van der Waals surface area contributed by atoms with Crippen molar-refractivity contribution in [2.75, 3.05) is 6.54 Å². The summed E-state index contributed by atoms with van der Waals surface area (Å²) in [5, 5.41) is 4.27. The molecular weight excluding hydrogens is 273 g/mol. The fraction of sp³-hybridized carbons (Fsp3) is 0.462. The Bertz CT molecular complexity index is 605. The van der Waals surface area contributed by atoms with Crippen LogP contribution in [0.4, 0.5) is 13.2 Å². The topological polar surface area (TPSA) is 24.9 Å². The minimum Gasteiger partial charge on any atom is -0.314 e. The highest BCUT2D eigenvalue weighted by molar-refractivity contribution is 7.18. The number of hydrogen-bond donors (Lipinski definition) is 1. The van der Waals surface area contributed by atoms with E-state index in [9.17, 15) is 13.2 Å². The maximum atomic E-state index is 12.7. The first-order valence-electron chi connectivity index (χ1n) is 6.16. The number of nitrogens with zero attached hydrogens (tertiary/aromatic N) is 1. The molecule has 0 bridgehead atoms. The minimum atomic E-state index is -4.31. The first-order valence-corrected chi connectivity index (χ1v) is 6.98. The molecule has 102 valence electrons. The molecule has 1 aromatic heterocycles. The molecule has 2 nitrogen and oxygen atoms in total. The molecule has 2 heterocycles. The monoisotopic (exact) mass is 286 g/mol. The van der Waals surface area contributed by atoms with Crippen LogP contribution in [0.5, 0.6) is 0 Å². The van der Waals surface area contributed by atoms with E-state index in [4.69, 9.17) is 0 Å². The number of aromatic nitrogens is 1. The number of hydrogen-bond acceptors (Lipinski definition) is 3. The number of nitrogens with one attached hydrogen (secondary N) is 1. The van der Waals surface area contributed by atoms with Gasteiger partial charge in [0, 0.05) is 12.0 Å². The molecule has 19 heavy (non-hydrogen) atoms. The number of halogens is 3. The first-order chi connectivity index (χ1) is 8.95. The second-order valence-corrected chi connectivity index (χ2v) is 5.93. The Kier molecular flexibility index (Phi) is 3.02. The smallest absolute Gasteiger partial charge is 0.314 e. The van der Waals surface area contributed by atoms with Crippen molar-refractivity contribution in [3.05, 3.63) is 28.8 Å². The first kappa shape index (κ1) is 12.9. The van der Waals surface area contributed by atoms with Gasteiger partial charge in [0.15, 0.2) is 0 Å². The molecule has 0 spiro atoms. The second kappa shape index (κ2) is 4.45. The Balaban J connectivity index is 2.01. The lowest BCUT2D eigenvalue weighted by molar-refractivity contribution is -0.137. The van der Waals surface area contributed by atoms with Crippen molar-refractivity contribution in [3.8, 4) is 0 Å². The number of fused-ring (bicyclic) bond motifs is 1. The van der Waals surface area contributed by atoms with Gasteiger partial charge < -0.3 is 5.32 Å². The summed E-state index contributed by atoms with van der Waals surface area (Å²) in [5.74, 6) is 0.312. The van der Waals surface area contributed by atoms with Crippen LogP contribution in [0.25, 0.3) is 10.2 Å². The molecule has 1 fully saturated rings. The van der Waals surface area contributed by atoms with Crippen molar-refractivity contribution in [2.45, 2.75) is 31.5 Å². The normalized spacial score (nSPS) is 24.2. The van der Waals surface area contributed by atoms with E-state index in [1.54, 1.807) is 0 Å². The van der Waals surface area contributed by atoms with Crippen LogP contribution in [0.2, 0.25) is 0 Å². The predicted octanol–water partition coefficient (Wildman–Crippen LogP) is 3.78. The zero-order valence-electron chi connectivity index (χ0n) is 10.3. The lowest BCUT2D eigenvalue weighted by Crippen LogP contribution is -2.21. The summed E-state index contributed by atoms with van der Waals surface area (Å²) in [6, 6.07) is 4.12. The van der Waals surface area contributed by atoms with E-state index in [1.165, 1.54) is 17.4 Å². The molecule has 1 aliphatic heterocycles. The molecule has 1 N–H and O–H groups in total. The molecule has 0 saturated carbocycles. The Labute approximate surface area is 112 Å².